The number of piperidine rings is 1. The molecule has 10 heteroatoms. The minimum Gasteiger partial charge on any atom is -0.468 e. The molecule has 0 bridgehead atoms. The third-order valence-electron chi connectivity index (χ3n) is 5.49. The fraction of sp³-hybridized carbons (Fsp3) is 0.435. The minimum absolute atomic E-state index is 0.0162. The minimum atomic E-state index is -4.93. The predicted octanol–water partition coefficient (Wildman–Crippen LogP) is 5.62. The predicted molar refractivity (Wildman–Crippen MR) is 107 cm³/mol. The zero-order valence-corrected chi connectivity index (χ0v) is 17.7. The van der Waals surface area contributed by atoms with Crippen molar-refractivity contribution in [2.75, 3.05) is 20.2 Å². The van der Waals surface area contributed by atoms with Gasteiger partial charge in [-0.2, -0.15) is 26.3 Å². The van der Waals surface area contributed by atoms with Crippen molar-refractivity contribution < 1.29 is 40.6 Å². The molecule has 4 nitrogen and oxygen atoms in total. The van der Waals surface area contributed by atoms with E-state index in [-0.39, 0.29) is 18.2 Å². The summed E-state index contributed by atoms with van der Waals surface area (Å²) in [6.07, 6.45) is -9.23. The largest absolute Gasteiger partial charge is 0.468 e. The number of hydrogen-bond donors (Lipinski definition) is 0. The molecule has 2 atom stereocenters. The van der Waals surface area contributed by atoms with E-state index in [0.717, 1.165) is 5.56 Å². The molecule has 0 saturated carbocycles. The molecule has 180 valence electrons. The number of likely N-dealkylation sites (tertiary alicyclic amines) is 1. The summed E-state index contributed by atoms with van der Waals surface area (Å²) in [7, 11) is 1.27. The maximum Gasteiger partial charge on any atom is 0.416 e. The third-order valence-corrected chi connectivity index (χ3v) is 5.49. The van der Waals surface area contributed by atoms with Crippen LogP contribution in [0, 0.1) is 0 Å². The van der Waals surface area contributed by atoms with Gasteiger partial charge in [0.2, 0.25) is 0 Å². The molecule has 1 saturated heterocycles. The van der Waals surface area contributed by atoms with Crippen molar-refractivity contribution in [3.63, 3.8) is 0 Å². The Balaban J connectivity index is 1.87. The average molecular weight is 475 g/mol. The number of carbonyl (C=O) groups is 1. The summed E-state index contributed by atoms with van der Waals surface area (Å²) in [5, 5.41) is 0. The highest BCUT2D eigenvalue weighted by atomic mass is 19.4. The summed E-state index contributed by atoms with van der Waals surface area (Å²) < 4.78 is 89.6. The fourth-order valence-corrected chi connectivity index (χ4v) is 3.99. The molecule has 0 radical (unpaired) electrons. The molecule has 0 N–H and O–H groups in total. The highest BCUT2D eigenvalue weighted by Gasteiger charge is 2.38. The number of carbonyl (C=O) groups excluding carboxylic acids is 1. The highest BCUT2D eigenvalue weighted by Crippen LogP contribution is 2.38. The number of benzene rings is 2. The standard InChI is InChI=1S/C23H23F6NO3/c1-32-20(31)13-30-9-5-8-19(21(30)16-6-3-2-4-7-16)33-14-15-10-17(22(24,25)26)12-18(11-15)23(27,28)29/h2-4,6-7,10-12,19,21H,5,8-9,13-14H2,1H3/t19-,21-/m1/s1. The van der Waals surface area contributed by atoms with Crippen LogP contribution in [-0.4, -0.2) is 37.2 Å². The van der Waals surface area contributed by atoms with Gasteiger partial charge >= 0.3 is 18.3 Å². The lowest BCUT2D eigenvalue weighted by molar-refractivity contribution is -0.145. The summed E-state index contributed by atoms with van der Waals surface area (Å²) in [4.78, 5) is 13.7. The number of alkyl halides is 6. The van der Waals surface area contributed by atoms with Gasteiger partial charge in [-0.05, 0) is 48.7 Å². The molecule has 0 unspecified atom stereocenters. The number of halogens is 6. The van der Waals surface area contributed by atoms with Crippen LogP contribution in [0.3, 0.4) is 0 Å². The fourth-order valence-electron chi connectivity index (χ4n) is 3.99. The first kappa shape index (κ1) is 25.0. The molecular formula is C23H23F6NO3. The van der Waals surface area contributed by atoms with Gasteiger partial charge in [-0.1, -0.05) is 30.3 Å². The number of methoxy groups -OCH3 is 1. The van der Waals surface area contributed by atoms with Gasteiger partial charge in [0.05, 0.1) is 43.5 Å². The monoisotopic (exact) mass is 475 g/mol. The van der Waals surface area contributed by atoms with Crippen LogP contribution in [0.4, 0.5) is 26.3 Å². The Morgan fingerprint density at radius 3 is 2.15 bits per heavy atom. The van der Waals surface area contributed by atoms with E-state index in [9.17, 15) is 31.1 Å². The zero-order valence-electron chi connectivity index (χ0n) is 17.7. The Labute approximate surface area is 187 Å². The lowest BCUT2D eigenvalue weighted by atomic mass is 9.92. The van der Waals surface area contributed by atoms with Crippen molar-refractivity contribution in [3.8, 4) is 0 Å². The van der Waals surface area contributed by atoms with Crippen LogP contribution >= 0.6 is 0 Å². The van der Waals surface area contributed by atoms with E-state index in [2.05, 4.69) is 0 Å². The van der Waals surface area contributed by atoms with E-state index in [1.165, 1.54) is 7.11 Å². The maximum absolute atomic E-state index is 13.2. The lowest BCUT2D eigenvalue weighted by Crippen LogP contribution is -2.45. The molecule has 1 heterocycles. The van der Waals surface area contributed by atoms with Crippen LogP contribution < -0.4 is 0 Å². The van der Waals surface area contributed by atoms with E-state index in [0.29, 0.717) is 31.5 Å². The second-order valence-electron chi connectivity index (χ2n) is 7.81. The van der Waals surface area contributed by atoms with Gasteiger partial charge < -0.3 is 9.47 Å². The summed E-state index contributed by atoms with van der Waals surface area (Å²) in [5.41, 5.74) is -2.17. The van der Waals surface area contributed by atoms with Gasteiger partial charge in [-0.3, -0.25) is 9.69 Å². The zero-order chi connectivity index (χ0) is 24.2. The van der Waals surface area contributed by atoms with E-state index < -0.39 is 48.2 Å². The van der Waals surface area contributed by atoms with Gasteiger partial charge in [0.15, 0.2) is 0 Å². The van der Waals surface area contributed by atoms with Crippen molar-refractivity contribution in [2.45, 2.75) is 43.9 Å². The van der Waals surface area contributed by atoms with Crippen molar-refractivity contribution in [1.82, 2.24) is 4.90 Å². The van der Waals surface area contributed by atoms with Gasteiger partial charge in [-0.25, -0.2) is 0 Å². The molecule has 1 aliphatic heterocycles. The van der Waals surface area contributed by atoms with E-state index >= 15 is 0 Å². The van der Waals surface area contributed by atoms with Crippen molar-refractivity contribution in [1.29, 1.82) is 0 Å². The summed E-state index contributed by atoms with van der Waals surface area (Å²) in [5.74, 6) is -0.454. The van der Waals surface area contributed by atoms with Gasteiger partial charge in [0.1, 0.15) is 0 Å². The van der Waals surface area contributed by atoms with Crippen molar-refractivity contribution >= 4 is 5.97 Å². The van der Waals surface area contributed by atoms with E-state index in [4.69, 9.17) is 9.47 Å². The number of esters is 1. The topological polar surface area (TPSA) is 38.8 Å². The molecule has 2 aromatic rings. The van der Waals surface area contributed by atoms with Gasteiger partial charge in [0, 0.05) is 0 Å². The van der Waals surface area contributed by atoms with Crippen LogP contribution in [0.2, 0.25) is 0 Å². The first-order valence-corrected chi connectivity index (χ1v) is 10.2. The third kappa shape index (κ3) is 6.48. The van der Waals surface area contributed by atoms with E-state index in [1.54, 1.807) is 12.1 Å². The van der Waals surface area contributed by atoms with Crippen LogP contribution in [0.15, 0.2) is 48.5 Å². The average Bonchev–Trinajstić information content (AvgIpc) is 2.77. The summed E-state index contributed by atoms with van der Waals surface area (Å²) in [6.45, 7) is 0.112. The number of hydrogen-bond acceptors (Lipinski definition) is 4. The van der Waals surface area contributed by atoms with Crippen LogP contribution in [0.1, 0.15) is 41.1 Å². The van der Waals surface area contributed by atoms with Crippen LogP contribution in [0.5, 0.6) is 0 Å². The molecule has 33 heavy (non-hydrogen) atoms. The summed E-state index contributed by atoms with van der Waals surface area (Å²) in [6, 6.07) is 10.1. The molecule has 3 rings (SSSR count). The molecular weight excluding hydrogens is 452 g/mol. The first-order chi connectivity index (χ1) is 15.5. The van der Waals surface area contributed by atoms with E-state index in [1.807, 2.05) is 23.1 Å². The van der Waals surface area contributed by atoms with Crippen molar-refractivity contribution in [2.24, 2.45) is 0 Å². The molecule has 1 fully saturated rings. The molecule has 2 aromatic carbocycles. The Morgan fingerprint density at radius 1 is 1.00 bits per heavy atom. The molecule has 0 aromatic heterocycles. The lowest BCUT2D eigenvalue weighted by Gasteiger charge is -2.41. The highest BCUT2D eigenvalue weighted by molar-refractivity contribution is 5.71. The number of nitrogens with zero attached hydrogens (tertiary/aromatic N) is 1. The second kappa shape index (κ2) is 10.1. The molecule has 0 amide bonds. The molecule has 0 aliphatic carbocycles. The van der Waals surface area contributed by atoms with Gasteiger partial charge in [-0.15, -0.1) is 0 Å². The maximum atomic E-state index is 13.2. The van der Waals surface area contributed by atoms with Crippen molar-refractivity contribution in [3.05, 3.63) is 70.8 Å². The second-order valence-corrected chi connectivity index (χ2v) is 7.81. The van der Waals surface area contributed by atoms with Crippen LogP contribution in [0.25, 0.3) is 0 Å². The van der Waals surface area contributed by atoms with Crippen LogP contribution in [-0.2, 0) is 33.2 Å². The smallest absolute Gasteiger partial charge is 0.416 e. The number of ether oxygens (including phenoxy) is 2. The summed E-state index contributed by atoms with van der Waals surface area (Å²) >= 11 is 0. The SMILES string of the molecule is COC(=O)CN1CCC[C@@H](OCc2cc(C(F)(F)F)cc(C(F)(F)F)c2)[C@H]1c1ccccc1. The number of rotatable bonds is 6. The molecule has 1 aliphatic rings. The van der Waals surface area contributed by atoms with Gasteiger partial charge in [0.25, 0.3) is 0 Å². The Kier molecular flexibility index (Phi) is 7.69. The Morgan fingerprint density at radius 2 is 1.61 bits per heavy atom. The normalized spacial score (nSPS) is 20.0. The first-order valence-electron chi connectivity index (χ1n) is 10.2. The Bertz CT molecular complexity index is 913. The molecule has 0 spiro atoms. The quantitative estimate of drug-likeness (QED) is 0.402. The Hall–Kier alpha value is -2.59.